The first kappa shape index (κ1) is 19.0. The molecule has 0 saturated heterocycles. The maximum atomic E-state index is 4.05. The SMILES string of the molecule is C=C[SiH](C)N[Si](C)(C=C)N[Si](C)(C=C)N[SiH](C)CC. The molecule has 0 saturated carbocycles. The van der Waals surface area contributed by atoms with Gasteiger partial charge in [-0.1, -0.05) is 43.2 Å². The summed E-state index contributed by atoms with van der Waals surface area (Å²) in [6.07, 6.45) is 0. The highest BCUT2D eigenvalue weighted by Gasteiger charge is 2.35. The largest absolute Gasteiger partial charge is 0.347 e. The lowest BCUT2D eigenvalue weighted by Gasteiger charge is -2.38. The van der Waals surface area contributed by atoms with Crippen LogP contribution in [0.4, 0.5) is 0 Å². The highest BCUT2D eigenvalue weighted by atomic mass is 28.4. The molecule has 0 heterocycles. The van der Waals surface area contributed by atoms with Crippen LogP contribution in [0, 0.1) is 0 Å². The second-order valence-corrected chi connectivity index (χ2v) is 19.2. The lowest BCUT2D eigenvalue weighted by molar-refractivity contribution is 1.17. The Balaban J connectivity index is 4.93. The van der Waals surface area contributed by atoms with Crippen molar-refractivity contribution in [1.29, 1.82) is 0 Å². The van der Waals surface area contributed by atoms with Gasteiger partial charge in [-0.2, -0.15) is 0 Å². The Morgan fingerprint density at radius 2 is 1.47 bits per heavy atom. The van der Waals surface area contributed by atoms with E-state index in [1.165, 1.54) is 6.04 Å². The van der Waals surface area contributed by atoms with Crippen LogP contribution in [0.25, 0.3) is 0 Å². The monoisotopic (exact) mass is 329 g/mol. The minimum absolute atomic E-state index is 0.838. The Kier molecular flexibility index (Phi) is 8.28. The van der Waals surface area contributed by atoms with Crippen molar-refractivity contribution in [3.05, 3.63) is 36.8 Å². The molecule has 0 aromatic rings. The minimum Gasteiger partial charge on any atom is -0.347 e. The molecule has 110 valence electrons. The molecule has 0 aliphatic carbocycles. The van der Waals surface area contributed by atoms with Crippen molar-refractivity contribution in [3.8, 4) is 0 Å². The van der Waals surface area contributed by atoms with E-state index in [0.717, 1.165) is 0 Å². The third-order valence-corrected chi connectivity index (χ3v) is 19.7. The Morgan fingerprint density at radius 1 is 1.00 bits per heavy atom. The van der Waals surface area contributed by atoms with Crippen LogP contribution in [0.2, 0.25) is 32.2 Å². The molecule has 0 aliphatic rings. The normalized spacial score (nSPS) is 20.7. The number of nitrogens with one attached hydrogen (secondary N) is 3. The summed E-state index contributed by atoms with van der Waals surface area (Å²) in [5.74, 6) is 0. The average Bonchev–Trinajstić information content (AvgIpc) is 2.37. The molecule has 0 spiro atoms. The maximum Gasteiger partial charge on any atom is 0.211 e. The number of hydrogen-bond acceptors (Lipinski definition) is 3. The molecule has 0 radical (unpaired) electrons. The van der Waals surface area contributed by atoms with Crippen molar-refractivity contribution in [1.82, 2.24) is 13.9 Å². The zero-order chi connectivity index (χ0) is 15.1. The van der Waals surface area contributed by atoms with E-state index in [2.05, 4.69) is 83.9 Å². The minimum atomic E-state index is -1.84. The van der Waals surface area contributed by atoms with Gasteiger partial charge in [-0.25, -0.2) is 0 Å². The van der Waals surface area contributed by atoms with Gasteiger partial charge in [-0.15, -0.1) is 19.7 Å². The van der Waals surface area contributed by atoms with E-state index < -0.39 is 34.7 Å². The molecular formula is C12H31N3Si4. The first-order valence-electron chi connectivity index (χ1n) is 6.98. The maximum absolute atomic E-state index is 4.05. The molecule has 3 N–H and O–H groups in total. The smallest absolute Gasteiger partial charge is 0.211 e. The van der Waals surface area contributed by atoms with E-state index in [4.69, 9.17) is 0 Å². The van der Waals surface area contributed by atoms with Crippen LogP contribution < -0.4 is 13.9 Å². The van der Waals surface area contributed by atoms with Crippen LogP contribution in [-0.2, 0) is 0 Å². The highest BCUT2D eigenvalue weighted by molar-refractivity contribution is 7.00. The van der Waals surface area contributed by atoms with Gasteiger partial charge < -0.3 is 13.9 Å². The molecule has 0 aromatic carbocycles. The molecule has 4 atom stereocenters. The van der Waals surface area contributed by atoms with Gasteiger partial charge in [0.25, 0.3) is 0 Å². The lowest BCUT2D eigenvalue weighted by Crippen LogP contribution is -2.75. The zero-order valence-electron chi connectivity index (χ0n) is 13.2. The van der Waals surface area contributed by atoms with Crippen molar-refractivity contribution >= 4 is 34.7 Å². The van der Waals surface area contributed by atoms with E-state index in [1.807, 2.05) is 0 Å². The molecule has 0 bridgehead atoms. The van der Waals surface area contributed by atoms with Crippen LogP contribution in [0.15, 0.2) is 36.8 Å². The Hall–Kier alpha value is -0.0325. The van der Waals surface area contributed by atoms with E-state index in [1.54, 1.807) is 0 Å². The summed E-state index contributed by atoms with van der Waals surface area (Å²) < 4.78 is 11.5. The molecule has 0 rings (SSSR count). The first-order valence-corrected chi connectivity index (χ1v) is 17.1. The second kappa shape index (κ2) is 8.30. The van der Waals surface area contributed by atoms with Crippen LogP contribution in [0.1, 0.15) is 6.92 Å². The summed E-state index contributed by atoms with van der Waals surface area (Å²) in [7, 11) is -5.53. The predicted molar refractivity (Wildman–Crippen MR) is 99.7 cm³/mol. The summed E-state index contributed by atoms with van der Waals surface area (Å²) >= 11 is 0. The number of rotatable bonds is 10. The fraction of sp³-hybridized carbons (Fsp3) is 0.500. The van der Waals surface area contributed by atoms with Crippen LogP contribution in [-0.4, -0.2) is 34.7 Å². The fourth-order valence-corrected chi connectivity index (χ4v) is 19.1. The van der Waals surface area contributed by atoms with Gasteiger partial charge in [-0.05, 0) is 13.1 Å². The second-order valence-electron chi connectivity index (χ2n) is 5.56. The van der Waals surface area contributed by atoms with Crippen molar-refractivity contribution in [3.63, 3.8) is 0 Å². The topological polar surface area (TPSA) is 36.1 Å². The fourth-order valence-electron chi connectivity index (χ4n) is 1.98. The number of hydrogen-bond donors (Lipinski definition) is 3. The van der Waals surface area contributed by atoms with Gasteiger partial charge in [0.1, 0.15) is 8.96 Å². The van der Waals surface area contributed by atoms with Crippen LogP contribution in [0.5, 0.6) is 0 Å². The standard InChI is InChI=1S/C12H31N3Si4/c1-9-16(5)13-18(7,11-3)15-19(8,12-4)14-17(6)10-2/h9,11-17H,1,3-4,10H2,2,5-8H3. The lowest BCUT2D eigenvalue weighted by atomic mass is 11.0. The van der Waals surface area contributed by atoms with Crippen LogP contribution in [0.3, 0.4) is 0 Å². The molecule has 7 heteroatoms. The van der Waals surface area contributed by atoms with Gasteiger partial charge in [-0.3, -0.25) is 0 Å². The van der Waals surface area contributed by atoms with Crippen molar-refractivity contribution < 1.29 is 0 Å². The van der Waals surface area contributed by atoms with Crippen molar-refractivity contribution in [2.24, 2.45) is 0 Å². The van der Waals surface area contributed by atoms with E-state index in [9.17, 15) is 0 Å². The van der Waals surface area contributed by atoms with E-state index >= 15 is 0 Å². The molecule has 0 aliphatic heterocycles. The molecule has 0 aromatic heterocycles. The Bertz CT molecular complexity index is 326. The molecule has 19 heavy (non-hydrogen) atoms. The summed E-state index contributed by atoms with van der Waals surface area (Å²) in [5.41, 5.74) is 6.28. The van der Waals surface area contributed by atoms with Gasteiger partial charge in [0, 0.05) is 0 Å². The first-order chi connectivity index (χ1) is 8.74. The molecule has 3 nitrogen and oxygen atoms in total. The summed E-state index contributed by atoms with van der Waals surface area (Å²) in [6, 6.07) is 1.26. The van der Waals surface area contributed by atoms with E-state index in [0.29, 0.717) is 0 Å². The third kappa shape index (κ3) is 6.79. The van der Waals surface area contributed by atoms with E-state index in [-0.39, 0.29) is 0 Å². The van der Waals surface area contributed by atoms with Gasteiger partial charge >= 0.3 is 0 Å². The molecule has 4 unspecified atom stereocenters. The highest BCUT2D eigenvalue weighted by Crippen LogP contribution is 2.05. The third-order valence-electron chi connectivity index (χ3n) is 3.38. The summed E-state index contributed by atoms with van der Waals surface area (Å²) in [4.78, 5) is 0. The zero-order valence-corrected chi connectivity index (χ0v) is 17.5. The van der Waals surface area contributed by atoms with Crippen molar-refractivity contribution in [2.45, 2.75) is 39.2 Å². The van der Waals surface area contributed by atoms with Gasteiger partial charge in [0.2, 0.25) is 16.8 Å². The average molecular weight is 330 g/mol. The summed E-state index contributed by atoms with van der Waals surface area (Å²) in [6.45, 7) is 23.4. The van der Waals surface area contributed by atoms with Crippen LogP contribution >= 0.6 is 0 Å². The Morgan fingerprint density at radius 3 is 1.84 bits per heavy atom. The molecular weight excluding hydrogens is 298 g/mol. The molecule has 0 amide bonds. The summed E-state index contributed by atoms with van der Waals surface area (Å²) in [5, 5.41) is 0. The predicted octanol–water partition coefficient (Wildman–Crippen LogP) is 1.80. The molecule has 0 fully saturated rings. The van der Waals surface area contributed by atoms with Gasteiger partial charge in [0.05, 0.1) is 8.96 Å². The van der Waals surface area contributed by atoms with Crippen molar-refractivity contribution in [2.75, 3.05) is 0 Å². The Labute approximate surface area is 125 Å². The van der Waals surface area contributed by atoms with Gasteiger partial charge in [0.15, 0.2) is 0 Å². The quantitative estimate of drug-likeness (QED) is 0.535.